The number of aromatic nitrogens is 5. The minimum atomic E-state index is -0.902. The van der Waals surface area contributed by atoms with Crippen molar-refractivity contribution in [3.63, 3.8) is 0 Å². The second-order valence-electron chi connectivity index (χ2n) is 13.8. The Morgan fingerprint density at radius 1 is 1.10 bits per heavy atom. The molecule has 48 heavy (non-hydrogen) atoms. The molecule has 0 bridgehead atoms. The van der Waals surface area contributed by atoms with E-state index in [2.05, 4.69) is 34.4 Å². The molecule has 4 fully saturated rings. The van der Waals surface area contributed by atoms with Crippen LogP contribution in [0.15, 0.2) is 30.6 Å². The summed E-state index contributed by atoms with van der Waals surface area (Å²) in [4.78, 5) is 18.6. The number of aryl methyl sites for hydroxylation is 1. The van der Waals surface area contributed by atoms with Gasteiger partial charge >= 0.3 is 6.01 Å². The van der Waals surface area contributed by atoms with Gasteiger partial charge in [-0.3, -0.25) is 15.0 Å². The van der Waals surface area contributed by atoms with Crippen LogP contribution in [-0.4, -0.2) is 86.6 Å². The molecule has 4 saturated heterocycles. The molecule has 0 radical (unpaired) electrons. The summed E-state index contributed by atoms with van der Waals surface area (Å²) in [6.07, 6.45) is 6.89. The monoisotopic (exact) mass is 675 g/mol. The van der Waals surface area contributed by atoms with Crippen molar-refractivity contribution in [2.45, 2.75) is 62.7 Å². The van der Waals surface area contributed by atoms with Crippen LogP contribution in [0.3, 0.4) is 0 Å². The maximum Gasteiger partial charge on any atom is 0.319 e. The van der Waals surface area contributed by atoms with Gasteiger partial charge in [-0.25, -0.2) is 22.6 Å². The number of hydrogen-bond acceptors (Lipinski definition) is 10. The summed E-state index contributed by atoms with van der Waals surface area (Å²) in [5, 5.41) is 9.68. The van der Waals surface area contributed by atoms with E-state index in [0.29, 0.717) is 64.6 Å². The third kappa shape index (κ3) is 4.74. The van der Waals surface area contributed by atoms with Crippen molar-refractivity contribution in [1.29, 1.82) is 0 Å². The molecular weight excluding hydrogens is 639 g/mol. The molecule has 0 saturated carbocycles. The van der Waals surface area contributed by atoms with Gasteiger partial charge < -0.3 is 9.64 Å². The number of rotatable bonds is 6. The Morgan fingerprint density at radius 3 is 2.85 bits per heavy atom. The lowest BCUT2D eigenvalue weighted by atomic mass is 9.90. The normalized spacial score (nSPS) is 26.1. The van der Waals surface area contributed by atoms with Gasteiger partial charge in [0, 0.05) is 61.9 Å². The van der Waals surface area contributed by atoms with Crippen molar-refractivity contribution in [2.24, 2.45) is 0 Å². The average Bonchev–Trinajstić information content (AvgIpc) is 3.88. The van der Waals surface area contributed by atoms with Crippen LogP contribution in [0.4, 0.5) is 19.0 Å². The van der Waals surface area contributed by atoms with E-state index in [0.717, 1.165) is 50.7 Å². The van der Waals surface area contributed by atoms with Crippen LogP contribution in [-0.2, 0) is 6.42 Å². The van der Waals surface area contributed by atoms with Crippen molar-refractivity contribution >= 4 is 50.5 Å². The number of nitrogens with one attached hydrogen (secondary N) is 3. The molecule has 7 heterocycles. The average molecular weight is 676 g/mol. The lowest BCUT2D eigenvalue weighted by Crippen LogP contribution is -2.55. The SMILES string of the molecule is CCc1c(F)ccc2cc3[nH]ncc3c(-c3ncc4c(N5CCCC6(CNSN6)C5)nc(OC[C@@]56CCCN5C[C@H](F)C6)nc4c3F)c12. The molecule has 1 unspecified atom stereocenters. The van der Waals surface area contributed by atoms with Crippen molar-refractivity contribution in [3.05, 3.63) is 47.8 Å². The number of nitrogens with zero attached hydrogens (tertiary/aromatic N) is 6. The molecule has 9 rings (SSSR count). The standard InChI is InChI=1S/C34H36F3N9OS/c1-2-21-24(36)6-5-19-11-25-22(14-39-43-25)27(26(19)21)30-28(37)29-23(13-38-30)31(45-9-3-7-33(17-45)16-40-48-44-33)42-32(41-29)47-18-34-8-4-10-46(34)15-20(35)12-34/h5-6,11,13-14,20,40,44H,2-4,7-10,12,15-18H2,1H3,(H,39,43)/t20-,33?,34+/m1/s1. The van der Waals surface area contributed by atoms with Crippen molar-refractivity contribution in [1.82, 2.24) is 39.5 Å². The molecule has 4 aliphatic heterocycles. The van der Waals surface area contributed by atoms with Gasteiger partial charge in [-0.15, -0.1) is 0 Å². The predicted octanol–water partition coefficient (Wildman–Crippen LogP) is 5.61. The second kappa shape index (κ2) is 11.4. The predicted molar refractivity (Wildman–Crippen MR) is 181 cm³/mol. The Bertz CT molecular complexity index is 2070. The summed E-state index contributed by atoms with van der Waals surface area (Å²) in [6, 6.07) is 5.10. The van der Waals surface area contributed by atoms with Crippen LogP contribution in [0.25, 0.3) is 43.8 Å². The number of H-pyrrole nitrogens is 1. The van der Waals surface area contributed by atoms with Gasteiger partial charge in [0.05, 0.1) is 28.2 Å². The number of alkyl halides is 1. The largest absolute Gasteiger partial charge is 0.461 e. The van der Waals surface area contributed by atoms with Crippen molar-refractivity contribution in [3.8, 4) is 17.3 Å². The van der Waals surface area contributed by atoms with E-state index in [4.69, 9.17) is 14.7 Å². The summed E-state index contributed by atoms with van der Waals surface area (Å²) < 4.78 is 60.3. The number of benzene rings is 2. The Balaban J connectivity index is 1.22. The number of ether oxygens (including phenoxy) is 1. The molecular formula is C34H36F3N9OS. The van der Waals surface area contributed by atoms with Gasteiger partial charge in [0.25, 0.3) is 0 Å². The zero-order valence-corrected chi connectivity index (χ0v) is 27.4. The van der Waals surface area contributed by atoms with E-state index < -0.39 is 17.5 Å². The highest BCUT2D eigenvalue weighted by Gasteiger charge is 2.49. The van der Waals surface area contributed by atoms with E-state index in [1.807, 2.05) is 13.0 Å². The minimum absolute atomic E-state index is 0.0512. The van der Waals surface area contributed by atoms with Crippen LogP contribution < -0.4 is 19.1 Å². The minimum Gasteiger partial charge on any atom is -0.461 e. The number of pyridine rings is 1. The molecule has 5 aromatic rings. The fourth-order valence-corrected chi connectivity index (χ4v) is 9.46. The van der Waals surface area contributed by atoms with Crippen LogP contribution in [0.5, 0.6) is 6.01 Å². The molecule has 1 spiro atoms. The number of piperidine rings is 1. The number of aromatic amines is 1. The first-order valence-electron chi connectivity index (χ1n) is 16.7. The highest BCUT2D eigenvalue weighted by molar-refractivity contribution is 7.95. The fourth-order valence-electron chi connectivity index (χ4n) is 8.59. The van der Waals surface area contributed by atoms with E-state index in [1.165, 1.54) is 18.2 Å². The van der Waals surface area contributed by atoms with E-state index in [9.17, 15) is 4.39 Å². The topological polar surface area (TPSA) is 107 Å². The number of fused-ring (bicyclic) bond motifs is 4. The maximum absolute atomic E-state index is 17.2. The van der Waals surface area contributed by atoms with Crippen molar-refractivity contribution in [2.75, 3.05) is 44.2 Å². The summed E-state index contributed by atoms with van der Waals surface area (Å²) >= 11 is 1.50. The Hall–Kier alpha value is -3.72. The molecule has 10 nitrogen and oxygen atoms in total. The highest BCUT2D eigenvalue weighted by atomic mass is 32.2. The van der Waals surface area contributed by atoms with Gasteiger partial charge in [0.15, 0.2) is 5.82 Å². The number of hydrogen-bond donors (Lipinski definition) is 3. The van der Waals surface area contributed by atoms with E-state index in [-0.39, 0.29) is 35.2 Å². The molecule has 0 aliphatic carbocycles. The first-order chi connectivity index (χ1) is 23.4. The molecule has 3 atom stereocenters. The van der Waals surface area contributed by atoms with Gasteiger partial charge in [-0.05, 0) is 67.1 Å². The summed E-state index contributed by atoms with van der Waals surface area (Å²) in [5.41, 5.74) is 1.19. The van der Waals surface area contributed by atoms with Crippen LogP contribution in [0.2, 0.25) is 0 Å². The van der Waals surface area contributed by atoms with Crippen LogP contribution in [0.1, 0.15) is 44.6 Å². The molecule has 3 aromatic heterocycles. The van der Waals surface area contributed by atoms with Gasteiger partial charge in [0.1, 0.15) is 35.6 Å². The summed E-state index contributed by atoms with van der Waals surface area (Å²) in [5.74, 6) is -0.450. The molecule has 3 N–H and O–H groups in total. The molecule has 0 amide bonds. The van der Waals surface area contributed by atoms with Gasteiger partial charge in [0.2, 0.25) is 0 Å². The summed E-state index contributed by atoms with van der Waals surface area (Å²) in [6.45, 7) is 5.51. The number of anilines is 1. The first kappa shape index (κ1) is 30.3. The second-order valence-corrected chi connectivity index (χ2v) is 14.5. The van der Waals surface area contributed by atoms with Crippen LogP contribution in [0, 0.1) is 11.6 Å². The quantitative estimate of drug-likeness (QED) is 0.197. The molecule has 250 valence electrons. The lowest BCUT2D eigenvalue weighted by molar-refractivity contribution is 0.107. The molecule has 14 heteroatoms. The van der Waals surface area contributed by atoms with Gasteiger partial charge in [-0.2, -0.15) is 15.1 Å². The third-order valence-electron chi connectivity index (χ3n) is 10.9. The molecule has 4 aliphatic rings. The highest BCUT2D eigenvalue weighted by Crippen LogP contribution is 2.43. The molecule has 2 aromatic carbocycles. The maximum atomic E-state index is 17.2. The lowest BCUT2D eigenvalue weighted by Gasteiger charge is -2.40. The Morgan fingerprint density at radius 2 is 2.00 bits per heavy atom. The van der Waals surface area contributed by atoms with Gasteiger partial charge in [-0.1, -0.05) is 13.0 Å². The van der Waals surface area contributed by atoms with Crippen molar-refractivity contribution < 1.29 is 17.9 Å². The number of halogens is 3. The Labute approximate surface area is 279 Å². The smallest absolute Gasteiger partial charge is 0.319 e. The third-order valence-corrected chi connectivity index (χ3v) is 11.7. The fraction of sp³-hybridized carbons (Fsp3) is 0.471. The van der Waals surface area contributed by atoms with E-state index in [1.54, 1.807) is 18.5 Å². The van der Waals surface area contributed by atoms with E-state index >= 15 is 8.78 Å². The zero-order chi connectivity index (χ0) is 32.6. The van der Waals surface area contributed by atoms with Crippen LogP contribution >= 0.6 is 12.1 Å². The Kier molecular flexibility index (Phi) is 7.23. The zero-order valence-electron chi connectivity index (χ0n) is 26.6. The summed E-state index contributed by atoms with van der Waals surface area (Å²) in [7, 11) is 0. The first-order valence-corrected chi connectivity index (χ1v) is 17.6.